The number of nitro benzene ring substituents is 2. The summed E-state index contributed by atoms with van der Waals surface area (Å²) in [6.07, 6.45) is 0.619. The van der Waals surface area contributed by atoms with E-state index in [-0.39, 0.29) is 94.4 Å². The average Bonchev–Trinajstić information content (AvgIpc) is 3.21. The molecular formula is C41H37ClN8O10. The van der Waals surface area contributed by atoms with E-state index in [1.165, 1.54) is 42.5 Å². The zero-order valence-corrected chi connectivity index (χ0v) is 33.0. The van der Waals surface area contributed by atoms with E-state index in [0.29, 0.717) is 35.7 Å². The topological polar surface area (TPSA) is 235 Å². The molecule has 0 bridgehead atoms. The minimum atomic E-state index is -0.870. The van der Waals surface area contributed by atoms with Crippen LogP contribution >= 0.6 is 12.4 Å². The first-order chi connectivity index (χ1) is 28.2. The molecular weight excluding hydrogens is 800 g/mol. The Kier molecular flexibility index (Phi) is 12.3. The van der Waals surface area contributed by atoms with Crippen LogP contribution in [0.25, 0.3) is 21.5 Å². The van der Waals surface area contributed by atoms with Crippen LogP contribution in [0, 0.1) is 20.2 Å². The maximum absolute atomic E-state index is 14.0. The summed E-state index contributed by atoms with van der Waals surface area (Å²) in [5.41, 5.74) is -0.480. The molecule has 0 spiro atoms. The number of hydrogen-bond donors (Lipinski definition) is 3. The maximum Gasteiger partial charge on any atom is 0.270 e. The van der Waals surface area contributed by atoms with Crippen LogP contribution in [0.15, 0.2) is 78.9 Å². The molecule has 0 saturated carbocycles. The Labute approximate surface area is 347 Å². The van der Waals surface area contributed by atoms with Crippen LogP contribution in [-0.4, -0.2) is 108 Å². The fourth-order valence-corrected chi connectivity index (χ4v) is 7.27. The molecule has 308 valence electrons. The predicted octanol–water partition coefficient (Wildman–Crippen LogP) is 4.33. The van der Waals surface area contributed by atoms with E-state index >= 15 is 0 Å². The second-order valence-corrected chi connectivity index (χ2v) is 14.2. The minimum Gasteiger partial charge on any atom is -0.352 e. The summed E-state index contributed by atoms with van der Waals surface area (Å²) in [5, 5.41) is 33.2. The zero-order valence-electron chi connectivity index (χ0n) is 32.2. The van der Waals surface area contributed by atoms with Crippen molar-refractivity contribution in [1.29, 1.82) is 0 Å². The summed E-state index contributed by atoms with van der Waals surface area (Å²) in [6.45, 7) is 1.23. The van der Waals surface area contributed by atoms with E-state index in [4.69, 9.17) is 0 Å². The molecule has 0 fully saturated rings. The van der Waals surface area contributed by atoms with E-state index in [9.17, 15) is 49.0 Å². The fourth-order valence-electron chi connectivity index (χ4n) is 7.27. The van der Waals surface area contributed by atoms with Crippen LogP contribution in [0.1, 0.15) is 68.6 Å². The van der Waals surface area contributed by atoms with Gasteiger partial charge < -0.3 is 20.9 Å². The molecule has 6 amide bonds. The number of carbonyl (C=O) groups excluding carboxylic acids is 6. The Hall–Kier alpha value is -7.15. The molecule has 0 radical (unpaired) electrons. The monoisotopic (exact) mass is 836 g/mol. The van der Waals surface area contributed by atoms with Gasteiger partial charge in [0.05, 0.1) is 26.7 Å². The van der Waals surface area contributed by atoms with Gasteiger partial charge >= 0.3 is 0 Å². The lowest BCUT2D eigenvalue weighted by Crippen LogP contribution is -2.44. The summed E-state index contributed by atoms with van der Waals surface area (Å²) in [4.78, 5) is 107. The van der Waals surface area contributed by atoms with Gasteiger partial charge in [0.15, 0.2) is 0 Å². The number of imide groups is 2. The Balaban J connectivity index is 0.00000604. The number of non-ortho nitro benzene ring substituents is 2. The van der Waals surface area contributed by atoms with Gasteiger partial charge in [-0.3, -0.25) is 53.9 Å². The lowest BCUT2D eigenvalue weighted by atomic mass is 9.92. The number of carbonyl (C=O) groups is 6. The molecule has 2 aliphatic rings. The van der Waals surface area contributed by atoms with Crippen molar-refractivity contribution >= 4 is 86.5 Å². The van der Waals surface area contributed by atoms with Crippen molar-refractivity contribution in [2.75, 3.05) is 58.3 Å². The van der Waals surface area contributed by atoms with Gasteiger partial charge in [0.1, 0.15) is 0 Å². The van der Waals surface area contributed by atoms with Crippen LogP contribution in [-0.2, 0) is 0 Å². The molecule has 0 atom stereocenters. The number of nitro groups is 2. The number of halogens is 1. The lowest BCUT2D eigenvalue weighted by Gasteiger charge is -2.28. The number of hydrogen-bond acceptors (Lipinski definition) is 12. The highest BCUT2D eigenvalue weighted by molar-refractivity contribution is 6.36. The number of nitrogens with zero attached hydrogens (tertiary/aromatic N) is 5. The number of nitrogens with one attached hydrogen (secondary N) is 3. The Morgan fingerprint density at radius 3 is 1.68 bits per heavy atom. The van der Waals surface area contributed by atoms with Gasteiger partial charge in [-0.1, -0.05) is 24.3 Å². The number of rotatable bonds is 15. The molecule has 0 saturated heterocycles. The minimum absolute atomic E-state index is 0. The first-order valence-corrected chi connectivity index (χ1v) is 18.5. The van der Waals surface area contributed by atoms with E-state index < -0.39 is 45.3 Å². The molecule has 3 N–H and O–H groups in total. The molecule has 19 heteroatoms. The molecule has 60 heavy (non-hydrogen) atoms. The van der Waals surface area contributed by atoms with Crippen molar-refractivity contribution < 1.29 is 38.6 Å². The molecule has 7 rings (SSSR count). The molecule has 5 aromatic carbocycles. The van der Waals surface area contributed by atoms with Crippen LogP contribution in [0.5, 0.6) is 0 Å². The second kappa shape index (κ2) is 17.4. The van der Waals surface area contributed by atoms with Gasteiger partial charge in [0.2, 0.25) is 0 Å². The molecule has 2 aliphatic heterocycles. The highest BCUT2D eigenvalue weighted by Gasteiger charge is 2.37. The van der Waals surface area contributed by atoms with Crippen molar-refractivity contribution in [2.45, 2.75) is 6.42 Å². The Morgan fingerprint density at radius 2 is 1.13 bits per heavy atom. The molecule has 0 aliphatic carbocycles. The third kappa shape index (κ3) is 8.11. The van der Waals surface area contributed by atoms with Crippen LogP contribution in [0.3, 0.4) is 0 Å². The van der Waals surface area contributed by atoms with E-state index in [2.05, 4.69) is 16.0 Å². The summed E-state index contributed by atoms with van der Waals surface area (Å²) in [7, 11) is 3.78. The SMILES string of the molecule is CN(C)CCCNC(=O)c1cc(C(=O)NCCNCCN2C(=O)c3cccc4cc([N+](=O)[O-])cc(c34)C2=O)cc(N2C(=O)c3cccc4cc([N+](=O)[O-])cc(c34)C2=O)c1.Cl. The first kappa shape index (κ1) is 42.5. The molecule has 0 aromatic heterocycles. The smallest absolute Gasteiger partial charge is 0.270 e. The van der Waals surface area contributed by atoms with Crippen molar-refractivity contribution in [1.82, 2.24) is 25.8 Å². The van der Waals surface area contributed by atoms with Gasteiger partial charge in [-0.15, -0.1) is 12.4 Å². The van der Waals surface area contributed by atoms with Crippen LogP contribution in [0.2, 0.25) is 0 Å². The number of benzene rings is 5. The van der Waals surface area contributed by atoms with E-state index in [0.717, 1.165) is 21.9 Å². The highest BCUT2D eigenvalue weighted by Crippen LogP contribution is 2.37. The van der Waals surface area contributed by atoms with Gasteiger partial charge in [-0.05, 0) is 68.2 Å². The summed E-state index contributed by atoms with van der Waals surface area (Å²) < 4.78 is 0. The Morgan fingerprint density at radius 1 is 0.633 bits per heavy atom. The van der Waals surface area contributed by atoms with Gasteiger partial charge in [-0.25, -0.2) is 4.90 Å². The number of anilines is 1. The second-order valence-electron chi connectivity index (χ2n) is 14.2. The molecule has 5 aromatic rings. The van der Waals surface area contributed by atoms with Crippen LogP contribution in [0.4, 0.5) is 17.1 Å². The highest BCUT2D eigenvalue weighted by atomic mass is 35.5. The van der Waals surface area contributed by atoms with Gasteiger partial charge in [-0.2, -0.15) is 0 Å². The largest absolute Gasteiger partial charge is 0.352 e. The molecule has 18 nitrogen and oxygen atoms in total. The summed E-state index contributed by atoms with van der Waals surface area (Å²) in [6, 6.07) is 18.1. The maximum atomic E-state index is 14.0. The standard InChI is InChI=1S/C41H36N8O10.ClH/c1-45(2)14-5-10-43-36(50)25-16-26(20-27(19-25)47-40(54)31-9-4-7-24-18-29(49(58)59)22-33(35(24)31)41(47)55)37(51)44-12-11-42-13-15-46-38(52)30-8-3-6-23-17-28(48(56)57)21-32(34(23)30)39(46)53;/h3-4,6-9,16-22,42H,5,10-15H2,1-2H3,(H,43,50)(H,44,51);1H. The quantitative estimate of drug-likeness (QED) is 0.0579. The molecule has 2 heterocycles. The van der Waals surface area contributed by atoms with E-state index in [1.807, 2.05) is 19.0 Å². The fraction of sp³-hybridized carbons (Fsp3) is 0.220. The first-order valence-electron chi connectivity index (χ1n) is 18.5. The molecule has 0 unspecified atom stereocenters. The van der Waals surface area contributed by atoms with Gasteiger partial charge in [0.25, 0.3) is 46.8 Å². The Bertz CT molecular complexity index is 2670. The zero-order chi connectivity index (χ0) is 42.1. The van der Waals surface area contributed by atoms with Crippen molar-refractivity contribution in [3.63, 3.8) is 0 Å². The summed E-state index contributed by atoms with van der Waals surface area (Å²) >= 11 is 0. The van der Waals surface area contributed by atoms with Crippen molar-refractivity contribution in [3.05, 3.63) is 132 Å². The van der Waals surface area contributed by atoms with Gasteiger partial charge in [0, 0.05) is 90.0 Å². The summed E-state index contributed by atoms with van der Waals surface area (Å²) in [5.74, 6) is -4.04. The lowest BCUT2D eigenvalue weighted by molar-refractivity contribution is -0.384. The van der Waals surface area contributed by atoms with E-state index in [1.54, 1.807) is 24.3 Å². The third-order valence-corrected chi connectivity index (χ3v) is 10.0. The predicted molar refractivity (Wildman–Crippen MR) is 222 cm³/mol. The van der Waals surface area contributed by atoms with Crippen molar-refractivity contribution in [3.8, 4) is 0 Å². The third-order valence-electron chi connectivity index (χ3n) is 10.0. The normalized spacial score (nSPS) is 13.2. The van der Waals surface area contributed by atoms with Crippen molar-refractivity contribution in [2.24, 2.45) is 0 Å². The number of amides is 6. The van der Waals surface area contributed by atoms with Crippen LogP contribution < -0.4 is 20.9 Å². The average molecular weight is 837 g/mol.